The second-order valence-electron chi connectivity index (χ2n) is 5.38. The van der Waals surface area contributed by atoms with Crippen molar-refractivity contribution in [2.45, 2.75) is 13.8 Å². The Morgan fingerprint density at radius 1 is 0.920 bits per heavy atom. The molecule has 0 aliphatic carbocycles. The Bertz CT molecular complexity index is 789. The zero-order valence-electron chi connectivity index (χ0n) is 14.0. The highest BCUT2D eigenvalue weighted by molar-refractivity contribution is 6.39. The second-order valence-corrected chi connectivity index (χ2v) is 5.38. The van der Waals surface area contributed by atoms with Crippen molar-refractivity contribution in [3.8, 4) is 5.75 Å². The van der Waals surface area contributed by atoms with Crippen molar-refractivity contribution < 1.29 is 19.1 Å². The topological polar surface area (TPSA) is 96.5 Å². The molecule has 7 heteroatoms. The van der Waals surface area contributed by atoms with E-state index in [-0.39, 0.29) is 6.61 Å². The van der Waals surface area contributed by atoms with Crippen LogP contribution in [0.2, 0.25) is 0 Å². The van der Waals surface area contributed by atoms with Gasteiger partial charge in [0, 0.05) is 5.69 Å². The monoisotopic (exact) mass is 341 g/mol. The van der Waals surface area contributed by atoms with Gasteiger partial charge in [0.1, 0.15) is 5.75 Å². The van der Waals surface area contributed by atoms with E-state index in [1.54, 1.807) is 43.3 Å². The number of carbonyl (C=O) groups is 3. The van der Waals surface area contributed by atoms with Crippen LogP contribution < -0.4 is 20.9 Å². The first-order valence-corrected chi connectivity index (χ1v) is 7.61. The molecule has 0 radical (unpaired) electrons. The van der Waals surface area contributed by atoms with Gasteiger partial charge < -0.3 is 10.1 Å². The number of hydrogen-bond donors (Lipinski definition) is 3. The van der Waals surface area contributed by atoms with Crippen LogP contribution in [-0.4, -0.2) is 24.3 Å². The number of carbonyl (C=O) groups excluding carboxylic acids is 3. The Labute approximate surface area is 145 Å². The minimum absolute atomic E-state index is 0.289. The molecule has 0 spiro atoms. The summed E-state index contributed by atoms with van der Waals surface area (Å²) in [5.74, 6) is -1.90. The number of ether oxygens (including phenoxy) is 1. The molecule has 0 saturated heterocycles. The van der Waals surface area contributed by atoms with E-state index in [0.29, 0.717) is 11.4 Å². The first kappa shape index (κ1) is 18.0. The Morgan fingerprint density at radius 3 is 2.40 bits per heavy atom. The predicted octanol–water partition coefficient (Wildman–Crippen LogP) is 1.47. The molecule has 25 heavy (non-hydrogen) atoms. The lowest BCUT2D eigenvalue weighted by atomic mass is 10.2. The van der Waals surface area contributed by atoms with Gasteiger partial charge in [0.05, 0.1) is 0 Å². The lowest BCUT2D eigenvalue weighted by Gasteiger charge is -2.10. The van der Waals surface area contributed by atoms with Gasteiger partial charge in [-0.05, 0) is 43.2 Å². The molecule has 0 heterocycles. The highest BCUT2D eigenvalue weighted by Crippen LogP contribution is 2.13. The summed E-state index contributed by atoms with van der Waals surface area (Å²) in [6, 6.07) is 14.2. The van der Waals surface area contributed by atoms with Crippen molar-refractivity contribution in [1.82, 2.24) is 10.9 Å². The van der Waals surface area contributed by atoms with Crippen LogP contribution in [0.3, 0.4) is 0 Å². The van der Waals surface area contributed by atoms with Crippen LogP contribution in [0.1, 0.15) is 11.1 Å². The average molecular weight is 341 g/mol. The fraction of sp³-hybridized carbons (Fsp3) is 0.167. The van der Waals surface area contributed by atoms with Crippen LogP contribution in [0.25, 0.3) is 0 Å². The molecule has 0 aliphatic rings. The minimum atomic E-state index is -0.979. The fourth-order valence-corrected chi connectivity index (χ4v) is 1.97. The summed E-state index contributed by atoms with van der Waals surface area (Å²) in [5.41, 5.74) is 6.51. The largest absolute Gasteiger partial charge is 0.484 e. The lowest BCUT2D eigenvalue weighted by molar-refractivity contribution is -0.138. The summed E-state index contributed by atoms with van der Waals surface area (Å²) in [5, 5.41) is 2.46. The van der Waals surface area contributed by atoms with Crippen LogP contribution in [0, 0.1) is 13.8 Å². The highest BCUT2D eigenvalue weighted by Gasteiger charge is 2.15. The van der Waals surface area contributed by atoms with Crippen LogP contribution in [-0.2, 0) is 14.4 Å². The Hall–Kier alpha value is -3.35. The summed E-state index contributed by atoms with van der Waals surface area (Å²) < 4.78 is 5.29. The molecule has 0 fully saturated rings. The van der Waals surface area contributed by atoms with Gasteiger partial charge in [-0.1, -0.05) is 30.3 Å². The summed E-state index contributed by atoms with van der Waals surface area (Å²) in [4.78, 5) is 35.1. The standard InChI is InChI=1S/C18H19N3O4/c1-12-6-5-8-14(10-12)25-11-16(22)20-21-18(24)17(23)19-15-9-4-3-7-13(15)2/h3-10H,11H2,1-2H3,(H,19,23)(H,20,22)(H,21,24). The second kappa shape index (κ2) is 8.49. The minimum Gasteiger partial charge on any atom is -0.484 e. The van der Waals surface area contributed by atoms with Gasteiger partial charge in [0.2, 0.25) is 0 Å². The maximum absolute atomic E-state index is 11.8. The molecule has 0 saturated carbocycles. The molecule has 0 atom stereocenters. The molecule has 7 nitrogen and oxygen atoms in total. The van der Waals surface area contributed by atoms with E-state index < -0.39 is 17.7 Å². The number of benzene rings is 2. The number of amides is 3. The number of aryl methyl sites for hydroxylation is 2. The van der Waals surface area contributed by atoms with Crippen molar-refractivity contribution in [2.24, 2.45) is 0 Å². The van der Waals surface area contributed by atoms with E-state index in [0.717, 1.165) is 11.1 Å². The summed E-state index contributed by atoms with van der Waals surface area (Å²) in [6.45, 7) is 3.42. The molecule has 3 amide bonds. The van der Waals surface area contributed by atoms with Crippen molar-refractivity contribution in [3.05, 3.63) is 59.7 Å². The Morgan fingerprint density at radius 2 is 1.68 bits per heavy atom. The van der Waals surface area contributed by atoms with Crippen LogP contribution in [0.5, 0.6) is 5.75 Å². The smallest absolute Gasteiger partial charge is 0.328 e. The normalized spacial score (nSPS) is 9.84. The number of nitrogens with one attached hydrogen (secondary N) is 3. The molecule has 0 unspecified atom stereocenters. The van der Waals surface area contributed by atoms with Gasteiger partial charge >= 0.3 is 11.8 Å². The maximum Gasteiger partial charge on any atom is 0.328 e. The summed E-state index contributed by atoms with van der Waals surface area (Å²) in [6.07, 6.45) is 0. The molecule has 3 N–H and O–H groups in total. The maximum atomic E-state index is 11.8. The SMILES string of the molecule is Cc1cccc(OCC(=O)NNC(=O)C(=O)Nc2ccccc2C)c1. The van der Waals surface area contributed by atoms with E-state index >= 15 is 0 Å². The number of para-hydroxylation sites is 1. The first-order chi connectivity index (χ1) is 12.0. The number of hydrogen-bond acceptors (Lipinski definition) is 4. The zero-order valence-corrected chi connectivity index (χ0v) is 14.0. The van der Waals surface area contributed by atoms with Crippen LogP contribution in [0.15, 0.2) is 48.5 Å². The average Bonchev–Trinajstić information content (AvgIpc) is 2.59. The van der Waals surface area contributed by atoms with Crippen molar-refractivity contribution >= 4 is 23.4 Å². The van der Waals surface area contributed by atoms with E-state index in [9.17, 15) is 14.4 Å². The van der Waals surface area contributed by atoms with Gasteiger partial charge in [0.15, 0.2) is 6.61 Å². The van der Waals surface area contributed by atoms with Crippen LogP contribution in [0.4, 0.5) is 5.69 Å². The zero-order chi connectivity index (χ0) is 18.2. The summed E-state index contributed by atoms with van der Waals surface area (Å²) in [7, 11) is 0. The molecular weight excluding hydrogens is 322 g/mol. The Balaban J connectivity index is 1.76. The molecule has 0 aromatic heterocycles. The summed E-state index contributed by atoms with van der Waals surface area (Å²) >= 11 is 0. The molecule has 0 bridgehead atoms. The van der Waals surface area contributed by atoms with Gasteiger partial charge in [-0.15, -0.1) is 0 Å². The van der Waals surface area contributed by atoms with E-state index in [2.05, 4.69) is 10.7 Å². The molecule has 2 rings (SSSR count). The van der Waals surface area contributed by atoms with Gasteiger partial charge in [-0.25, -0.2) is 0 Å². The Kier molecular flexibility index (Phi) is 6.11. The molecule has 2 aromatic rings. The highest BCUT2D eigenvalue weighted by atomic mass is 16.5. The third-order valence-electron chi connectivity index (χ3n) is 3.27. The molecule has 0 aliphatic heterocycles. The van der Waals surface area contributed by atoms with Gasteiger partial charge in [-0.2, -0.15) is 0 Å². The van der Waals surface area contributed by atoms with E-state index in [1.165, 1.54) is 0 Å². The third-order valence-corrected chi connectivity index (χ3v) is 3.27. The first-order valence-electron chi connectivity index (χ1n) is 7.61. The molecular formula is C18H19N3O4. The van der Waals surface area contributed by atoms with Crippen LogP contribution >= 0.6 is 0 Å². The van der Waals surface area contributed by atoms with Gasteiger partial charge in [0.25, 0.3) is 5.91 Å². The molecule has 2 aromatic carbocycles. The quantitative estimate of drug-likeness (QED) is 0.579. The predicted molar refractivity (Wildman–Crippen MR) is 92.8 cm³/mol. The third kappa shape index (κ3) is 5.65. The molecule has 130 valence electrons. The fourth-order valence-electron chi connectivity index (χ4n) is 1.97. The number of hydrazine groups is 1. The number of rotatable bonds is 4. The van der Waals surface area contributed by atoms with Crippen molar-refractivity contribution in [3.63, 3.8) is 0 Å². The van der Waals surface area contributed by atoms with E-state index in [1.807, 2.05) is 24.5 Å². The van der Waals surface area contributed by atoms with Crippen molar-refractivity contribution in [2.75, 3.05) is 11.9 Å². The van der Waals surface area contributed by atoms with Gasteiger partial charge in [-0.3, -0.25) is 25.2 Å². The van der Waals surface area contributed by atoms with E-state index in [4.69, 9.17) is 4.74 Å². The lowest BCUT2D eigenvalue weighted by Crippen LogP contribution is -2.48. The number of anilines is 1. The van der Waals surface area contributed by atoms with Crippen molar-refractivity contribution in [1.29, 1.82) is 0 Å².